The monoisotopic (exact) mass is 237 g/mol. The molecule has 0 bridgehead atoms. The fraction of sp³-hybridized carbons (Fsp3) is 0.833. The highest BCUT2D eigenvalue weighted by Crippen LogP contribution is 2.42. The van der Waals surface area contributed by atoms with Gasteiger partial charge in [0, 0.05) is 12.6 Å². The summed E-state index contributed by atoms with van der Waals surface area (Å²) in [7, 11) is 0. The predicted molar refractivity (Wildman–Crippen MR) is 66.9 cm³/mol. The first kappa shape index (κ1) is 10.5. The van der Waals surface area contributed by atoms with Gasteiger partial charge < -0.3 is 4.90 Å². The number of rotatable bonds is 1. The number of fused-ring (bicyclic) bond motifs is 1. The minimum absolute atomic E-state index is 0.746. The molecule has 1 aliphatic heterocycles. The average Bonchev–Trinajstić information content (AvgIpc) is 2.84. The maximum atomic E-state index is 4.32. The second-order valence-electron chi connectivity index (χ2n) is 5.25. The second-order valence-corrected chi connectivity index (χ2v) is 6.41. The van der Waals surface area contributed by atoms with Crippen molar-refractivity contribution < 1.29 is 0 Å². The highest BCUT2D eigenvalue weighted by Gasteiger charge is 2.41. The molecule has 2 aliphatic rings. The third-order valence-corrected chi connectivity index (χ3v) is 5.03. The normalized spacial score (nSPS) is 34.1. The molecule has 16 heavy (non-hydrogen) atoms. The highest BCUT2D eigenvalue weighted by atomic mass is 32.1. The molecule has 0 amide bonds. The number of nitrogens with zero attached hydrogens (tertiary/aromatic N) is 3. The van der Waals surface area contributed by atoms with E-state index >= 15 is 0 Å². The van der Waals surface area contributed by atoms with Gasteiger partial charge in [0.25, 0.3) is 0 Å². The molecule has 1 saturated carbocycles. The van der Waals surface area contributed by atoms with Crippen LogP contribution in [0.25, 0.3) is 0 Å². The van der Waals surface area contributed by atoms with Gasteiger partial charge in [0.1, 0.15) is 5.01 Å². The van der Waals surface area contributed by atoms with E-state index in [1.807, 2.05) is 6.92 Å². The molecule has 88 valence electrons. The van der Waals surface area contributed by atoms with Crippen LogP contribution in [0.1, 0.15) is 37.6 Å². The quantitative estimate of drug-likeness (QED) is 0.752. The van der Waals surface area contributed by atoms with Crippen molar-refractivity contribution >= 4 is 16.5 Å². The van der Waals surface area contributed by atoms with E-state index in [0.29, 0.717) is 0 Å². The first-order valence-corrected chi connectivity index (χ1v) is 7.14. The van der Waals surface area contributed by atoms with E-state index in [2.05, 4.69) is 22.0 Å². The molecule has 1 aliphatic carbocycles. The van der Waals surface area contributed by atoms with Gasteiger partial charge >= 0.3 is 0 Å². The van der Waals surface area contributed by atoms with Crippen molar-refractivity contribution in [2.45, 2.75) is 45.6 Å². The van der Waals surface area contributed by atoms with Gasteiger partial charge in [-0.25, -0.2) is 0 Å². The van der Waals surface area contributed by atoms with Crippen molar-refractivity contribution in [3.8, 4) is 0 Å². The summed E-state index contributed by atoms with van der Waals surface area (Å²) < 4.78 is 0. The SMILES string of the molecule is Cc1nnc(N2CC(C)C3CCCCC32)s1. The van der Waals surface area contributed by atoms with E-state index in [1.165, 1.54) is 32.2 Å². The van der Waals surface area contributed by atoms with Gasteiger partial charge in [0.2, 0.25) is 5.13 Å². The third kappa shape index (κ3) is 1.63. The molecule has 0 spiro atoms. The number of hydrogen-bond acceptors (Lipinski definition) is 4. The largest absolute Gasteiger partial charge is 0.343 e. The van der Waals surface area contributed by atoms with Crippen molar-refractivity contribution in [1.82, 2.24) is 10.2 Å². The maximum absolute atomic E-state index is 4.32. The average molecular weight is 237 g/mol. The fourth-order valence-electron chi connectivity index (χ4n) is 3.39. The molecule has 1 aromatic heterocycles. The molecule has 2 fully saturated rings. The third-order valence-electron chi connectivity index (χ3n) is 4.16. The van der Waals surface area contributed by atoms with Gasteiger partial charge in [-0.2, -0.15) is 0 Å². The van der Waals surface area contributed by atoms with Gasteiger partial charge in [-0.3, -0.25) is 0 Å². The summed E-state index contributed by atoms with van der Waals surface area (Å²) in [5.41, 5.74) is 0. The Balaban J connectivity index is 1.86. The van der Waals surface area contributed by atoms with Crippen molar-refractivity contribution in [2.75, 3.05) is 11.4 Å². The number of aromatic nitrogens is 2. The topological polar surface area (TPSA) is 29.0 Å². The van der Waals surface area contributed by atoms with Crippen molar-refractivity contribution in [1.29, 1.82) is 0 Å². The predicted octanol–water partition coefficient (Wildman–Crippen LogP) is 2.86. The zero-order valence-electron chi connectivity index (χ0n) is 10.0. The van der Waals surface area contributed by atoms with E-state index in [0.717, 1.165) is 28.0 Å². The summed E-state index contributed by atoms with van der Waals surface area (Å²) in [5.74, 6) is 1.73. The van der Waals surface area contributed by atoms with Gasteiger partial charge in [-0.1, -0.05) is 31.1 Å². The van der Waals surface area contributed by atoms with Crippen LogP contribution in [-0.4, -0.2) is 22.8 Å². The van der Waals surface area contributed by atoms with Crippen LogP contribution in [0.3, 0.4) is 0 Å². The molecular formula is C12H19N3S. The molecule has 4 heteroatoms. The number of aryl methyl sites for hydroxylation is 1. The minimum Gasteiger partial charge on any atom is -0.343 e. The Kier molecular flexibility index (Phi) is 2.62. The zero-order valence-corrected chi connectivity index (χ0v) is 10.8. The Bertz CT molecular complexity index is 376. The van der Waals surface area contributed by atoms with Crippen LogP contribution < -0.4 is 4.90 Å². The Morgan fingerprint density at radius 3 is 2.81 bits per heavy atom. The standard InChI is InChI=1S/C12H19N3S/c1-8-7-15(12-14-13-9(2)16-12)11-6-4-3-5-10(8)11/h8,10-11H,3-7H2,1-2H3. The first-order chi connectivity index (χ1) is 7.75. The van der Waals surface area contributed by atoms with Crippen LogP contribution in [0.2, 0.25) is 0 Å². The zero-order chi connectivity index (χ0) is 11.1. The first-order valence-electron chi connectivity index (χ1n) is 6.32. The lowest BCUT2D eigenvalue weighted by atomic mass is 9.80. The van der Waals surface area contributed by atoms with E-state index in [4.69, 9.17) is 0 Å². The summed E-state index contributed by atoms with van der Waals surface area (Å²) >= 11 is 1.75. The Hall–Kier alpha value is -0.640. The highest BCUT2D eigenvalue weighted by molar-refractivity contribution is 7.15. The van der Waals surface area contributed by atoms with Crippen LogP contribution in [-0.2, 0) is 0 Å². The molecule has 0 radical (unpaired) electrons. The summed E-state index contributed by atoms with van der Waals surface area (Å²) in [5, 5.41) is 10.7. The molecule has 1 aromatic rings. The van der Waals surface area contributed by atoms with Crippen molar-refractivity contribution in [3.05, 3.63) is 5.01 Å². The second kappa shape index (κ2) is 3.99. The Labute approximate surface area is 101 Å². The molecule has 3 atom stereocenters. The maximum Gasteiger partial charge on any atom is 0.208 e. The summed E-state index contributed by atoms with van der Waals surface area (Å²) in [6.45, 7) is 5.62. The van der Waals surface area contributed by atoms with E-state index in [1.54, 1.807) is 11.3 Å². The van der Waals surface area contributed by atoms with Crippen LogP contribution in [0.15, 0.2) is 0 Å². The van der Waals surface area contributed by atoms with Crippen LogP contribution in [0.5, 0.6) is 0 Å². The Morgan fingerprint density at radius 2 is 2.06 bits per heavy atom. The summed E-state index contributed by atoms with van der Waals surface area (Å²) in [6, 6.07) is 0.746. The molecular weight excluding hydrogens is 218 g/mol. The van der Waals surface area contributed by atoms with E-state index < -0.39 is 0 Å². The van der Waals surface area contributed by atoms with E-state index in [-0.39, 0.29) is 0 Å². The smallest absolute Gasteiger partial charge is 0.208 e. The molecule has 3 rings (SSSR count). The molecule has 1 saturated heterocycles. The van der Waals surface area contributed by atoms with Crippen LogP contribution in [0, 0.1) is 18.8 Å². The van der Waals surface area contributed by atoms with E-state index in [9.17, 15) is 0 Å². The summed E-state index contributed by atoms with van der Waals surface area (Å²) in [6.07, 6.45) is 5.59. The Morgan fingerprint density at radius 1 is 1.25 bits per heavy atom. The molecule has 0 aromatic carbocycles. The van der Waals surface area contributed by atoms with Crippen LogP contribution in [0.4, 0.5) is 5.13 Å². The van der Waals surface area contributed by atoms with Gasteiger partial charge in [-0.15, -0.1) is 10.2 Å². The lowest BCUT2D eigenvalue weighted by molar-refractivity contribution is 0.293. The van der Waals surface area contributed by atoms with Gasteiger partial charge in [0.15, 0.2) is 0 Å². The number of anilines is 1. The van der Waals surface area contributed by atoms with Gasteiger partial charge in [0.05, 0.1) is 0 Å². The van der Waals surface area contributed by atoms with Gasteiger partial charge in [-0.05, 0) is 31.6 Å². The minimum atomic E-state index is 0.746. The lowest BCUT2D eigenvalue weighted by Gasteiger charge is -2.31. The van der Waals surface area contributed by atoms with Crippen molar-refractivity contribution in [3.63, 3.8) is 0 Å². The number of hydrogen-bond donors (Lipinski definition) is 0. The molecule has 3 unspecified atom stereocenters. The van der Waals surface area contributed by atoms with Crippen LogP contribution >= 0.6 is 11.3 Å². The molecule has 3 nitrogen and oxygen atoms in total. The van der Waals surface area contributed by atoms with Crippen molar-refractivity contribution in [2.24, 2.45) is 11.8 Å². The molecule has 0 N–H and O–H groups in total. The summed E-state index contributed by atoms with van der Waals surface area (Å²) in [4.78, 5) is 2.53. The fourth-order valence-corrected chi connectivity index (χ4v) is 4.15. The lowest BCUT2D eigenvalue weighted by Crippen LogP contribution is -2.34. The molecule has 2 heterocycles.